The standard InChI is InChI=1S/C13H17NO2/c1-4-12(15)10-6-5-7-11(14-10)13(16)8-9(2)3/h5-7,9H,4,8H2,1-3H3. The van der Waals surface area contributed by atoms with Crippen LogP contribution < -0.4 is 0 Å². The molecule has 0 atom stereocenters. The molecule has 16 heavy (non-hydrogen) atoms. The molecule has 0 saturated carbocycles. The average molecular weight is 219 g/mol. The molecule has 0 aliphatic carbocycles. The Labute approximate surface area is 95.9 Å². The summed E-state index contributed by atoms with van der Waals surface area (Å²) >= 11 is 0. The molecule has 0 amide bonds. The molecule has 0 aliphatic heterocycles. The molecule has 0 unspecified atom stereocenters. The first-order chi connectivity index (χ1) is 7.54. The van der Waals surface area contributed by atoms with Crippen LogP contribution in [0.15, 0.2) is 18.2 Å². The van der Waals surface area contributed by atoms with Gasteiger partial charge in [0.15, 0.2) is 11.6 Å². The molecule has 1 aromatic heterocycles. The van der Waals surface area contributed by atoms with Gasteiger partial charge in [-0.3, -0.25) is 9.59 Å². The average Bonchev–Trinajstić information content (AvgIpc) is 2.27. The van der Waals surface area contributed by atoms with E-state index in [2.05, 4.69) is 4.98 Å². The Morgan fingerprint density at radius 2 is 1.75 bits per heavy atom. The molecular weight excluding hydrogens is 202 g/mol. The molecule has 0 spiro atoms. The van der Waals surface area contributed by atoms with E-state index in [0.717, 1.165) is 0 Å². The molecule has 0 aromatic carbocycles. The zero-order chi connectivity index (χ0) is 12.1. The summed E-state index contributed by atoms with van der Waals surface area (Å²) < 4.78 is 0. The molecule has 0 N–H and O–H groups in total. The highest BCUT2D eigenvalue weighted by molar-refractivity contribution is 5.98. The summed E-state index contributed by atoms with van der Waals surface area (Å²) in [6.45, 7) is 5.75. The molecule has 0 fully saturated rings. The molecule has 0 saturated heterocycles. The number of nitrogens with zero attached hydrogens (tertiary/aromatic N) is 1. The lowest BCUT2D eigenvalue weighted by atomic mass is 10.0. The third kappa shape index (κ3) is 3.26. The van der Waals surface area contributed by atoms with Crippen molar-refractivity contribution < 1.29 is 9.59 Å². The number of hydrogen-bond acceptors (Lipinski definition) is 3. The molecular formula is C13H17NO2. The van der Waals surface area contributed by atoms with Crippen molar-refractivity contribution in [2.45, 2.75) is 33.6 Å². The van der Waals surface area contributed by atoms with Gasteiger partial charge < -0.3 is 0 Å². The maximum absolute atomic E-state index is 11.7. The predicted octanol–water partition coefficient (Wildman–Crippen LogP) is 2.90. The van der Waals surface area contributed by atoms with Gasteiger partial charge in [-0.05, 0) is 18.1 Å². The van der Waals surface area contributed by atoms with Crippen molar-refractivity contribution in [3.63, 3.8) is 0 Å². The van der Waals surface area contributed by atoms with Crippen LogP contribution in [0.2, 0.25) is 0 Å². The highest BCUT2D eigenvalue weighted by Gasteiger charge is 2.12. The fourth-order valence-corrected chi connectivity index (χ4v) is 1.40. The first-order valence-corrected chi connectivity index (χ1v) is 5.58. The molecule has 0 radical (unpaired) electrons. The third-order valence-electron chi connectivity index (χ3n) is 2.24. The van der Waals surface area contributed by atoms with Crippen LogP contribution in [0.4, 0.5) is 0 Å². The smallest absolute Gasteiger partial charge is 0.181 e. The minimum atomic E-state index is -0.0285. The normalized spacial score (nSPS) is 10.5. The van der Waals surface area contributed by atoms with Gasteiger partial charge in [-0.1, -0.05) is 26.8 Å². The number of ketones is 2. The number of hydrogen-bond donors (Lipinski definition) is 0. The van der Waals surface area contributed by atoms with Gasteiger partial charge in [-0.25, -0.2) is 4.98 Å². The molecule has 3 nitrogen and oxygen atoms in total. The number of rotatable bonds is 5. The number of carbonyl (C=O) groups excluding carboxylic acids is 2. The van der Waals surface area contributed by atoms with Crippen molar-refractivity contribution >= 4 is 11.6 Å². The Kier molecular flexibility index (Phi) is 4.35. The van der Waals surface area contributed by atoms with Crippen molar-refractivity contribution in [1.29, 1.82) is 0 Å². The fourth-order valence-electron chi connectivity index (χ4n) is 1.40. The minimum Gasteiger partial charge on any atom is -0.292 e. The van der Waals surface area contributed by atoms with Crippen LogP contribution in [0.1, 0.15) is 54.6 Å². The zero-order valence-electron chi connectivity index (χ0n) is 9.99. The van der Waals surface area contributed by atoms with Crippen molar-refractivity contribution in [1.82, 2.24) is 4.98 Å². The number of aromatic nitrogens is 1. The van der Waals surface area contributed by atoms with E-state index in [-0.39, 0.29) is 11.6 Å². The Morgan fingerprint density at radius 1 is 1.19 bits per heavy atom. The van der Waals surface area contributed by atoms with Crippen LogP contribution in [0.5, 0.6) is 0 Å². The molecule has 86 valence electrons. The Bertz CT molecular complexity index is 397. The van der Waals surface area contributed by atoms with E-state index in [9.17, 15) is 9.59 Å². The first kappa shape index (κ1) is 12.6. The van der Waals surface area contributed by atoms with Gasteiger partial charge >= 0.3 is 0 Å². The molecule has 0 bridgehead atoms. The second kappa shape index (κ2) is 5.54. The van der Waals surface area contributed by atoms with Gasteiger partial charge in [-0.15, -0.1) is 0 Å². The van der Waals surface area contributed by atoms with Crippen molar-refractivity contribution in [2.75, 3.05) is 0 Å². The van der Waals surface area contributed by atoms with Crippen molar-refractivity contribution in [2.24, 2.45) is 5.92 Å². The van der Waals surface area contributed by atoms with Crippen LogP contribution in [0.3, 0.4) is 0 Å². The largest absolute Gasteiger partial charge is 0.292 e. The summed E-state index contributed by atoms with van der Waals surface area (Å²) in [6.07, 6.45) is 0.881. The van der Waals surface area contributed by atoms with Crippen LogP contribution >= 0.6 is 0 Å². The second-order valence-electron chi connectivity index (χ2n) is 4.21. The van der Waals surface area contributed by atoms with Crippen LogP contribution in [-0.2, 0) is 0 Å². The van der Waals surface area contributed by atoms with E-state index in [4.69, 9.17) is 0 Å². The van der Waals surface area contributed by atoms with E-state index >= 15 is 0 Å². The summed E-state index contributed by atoms with van der Waals surface area (Å²) in [4.78, 5) is 27.3. The number of carbonyl (C=O) groups is 2. The van der Waals surface area contributed by atoms with Crippen LogP contribution in [0.25, 0.3) is 0 Å². The van der Waals surface area contributed by atoms with Crippen molar-refractivity contribution in [3.8, 4) is 0 Å². The van der Waals surface area contributed by atoms with Gasteiger partial charge in [0, 0.05) is 12.8 Å². The molecule has 0 aliphatic rings. The molecule has 3 heteroatoms. The lowest BCUT2D eigenvalue weighted by molar-refractivity contribution is 0.0962. The predicted molar refractivity (Wildman–Crippen MR) is 62.6 cm³/mol. The SMILES string of the molecule is CCC(=O)c1cccc(C(=O)CC(C)C)n1. The first-order valence-electron chi connectivity index (χ1n) is 5.58. The number of pyridine rings is 1. The van der Waals surface area contributed by atoms with Gasteiger partial charge in [0.1, 0.15) is 11.4 Å². The summed E-state index contributed by atoms with van der Waals surface area (Å²) in [5.41, 5.74) is 0.783. The fraction of sp³-hybridized carbons (Fsp3) is 0.462. The minimum absolute atomic E-state index is 0.000697. The Morgan fingerprint density at radius 3 is 2.25 bits per heavy atom. The highest BCUT2D eigenvalue weighted by atomic mass is 16.1. The van der Waals surface area contributed by atoms with Crippen LogP contribution in [-0.4, -0.2) is 16.6 Å². The maximum atomic E-state index is 11.7. The summed E-state index contributed by atoms with van der Waals surface area (Å²) in [7, 11) is 0. The van der Waals surface area contributed by atoms with Gasteiger partial charge in [0.05, 0.1) is 0 Å². The van der Waals surface area contributed by atoms with Gasteiger partial charge in [0.25, 0.3) is 0 Å². The van der Waals surface area contributed by atoms with Crippen molar-refractivity contribution in [3.05, 3.63) is 29.6 Å². The topological polar surface area (TPSA) is 47.0 Å². The quantitative estimate of drug-likeness (QED) is 0.715. The maximum Gasteiger partial charge on any atom is 0.181 e. The monoisotopic (exact) mass is 219 g/mol. The third-order valence-corrected chi connectivity index (χ3v) is 2.24. The Hall–Kier alpha value is -1.51. The van der Waals surface area contributed by atoms with E-state index in [0.29, 0.717) is 30.1 Å². The molecule has 1 heterocycles. The summed E-state index contributed by atoms with van der Waals surface area (Å²) in [5.74, 6) is 0.278. The van der Waals surface area contributed by atoms with E-state index in [1.165, 1.54) is 0 Å². The van der Waals surface area contributed by atoms with Crippen LogP contribution in [0, 0.1) is 5.92 Å². The molecule has 1 rings (SSSR count). The Balaban J connectivity index is 2.90. The van der Waals surface area contributed by atoms with E-state index in [1.807, 2.05) is 13.8 Å². The second-order valence-corrected chi connectivity index (χ2v) is 4.21. The lowest BCUT2D eigenvalue weighted by Crippen LogP contribution is -2.09. The summed E-state index contributed by atoms with van der Waals surface area (Å²) in [5, 5.41) is 0. The molecule has 1 aromatic rings. The highest BCUT2D eigenvalue weighted by Crippen LogP contribution is 2.09. The lowest BCUT2D eigenvalue weighted by Gasteiger charge is -2.04. The zero-order valence-corrected chi connectivity index (χ0v) is 9.99. The summed E-state index contributed by atoms with van der Waals surface area (Å²) in [6, 6.07) is 5.03. The van der Waals surface area contributed by atoms with Gasteiger partial charge in [-0.2, -0.15) is 0 Å². The number of Topliss-reactive ketones (excluding diaryl/α,β-unsaturated/α-hetero) is 2. The van der Waals surface area contributed by atoms with Gasteiger partial charge in [0.2, 0.25) is 0 Å². The van der Waals surface area contributed by atoms with E-state index in [1.54, 1.807) is 25.1 Å². The van der Waals surface area contributed by atoms with E-state index < -0.39 is 0 Å².